The van der Waals surface area contributed by atoms with Crippen molar-refractivity contribution in [2.45, 2.75) is 146 Å². The Morgan fingerprint density at radius 2 is 1.25 bits per heavy atom. The van der Waals surface area contributed by atoms with E-state index in [2.05, 4.69) is 44.9 Å². The summed E-state index contributed by atoms with van der Waals surface area (Å²) in [6, 6.07) is 7.26. The maximum atomic E-state index is 14.0. The number of methoxy groups -OCH3 is 1. The average Bonchev–Trinajstić information content (AvgIpc) is 4.12. The summed E-state index contributed by atoms with van der Waals surface area (Å²) in [7, 11) is 1.31. The van der Waals surface area contributed by atoms with Gasteiger partial charge in [0.2, 0.25) is 11.8 Å². The van der Waals surface area contributed by atoms with Gasteiger partial charge < -0.3 is 44.6 Å². The SMILES string of the molecule is COC(=O)N[C@H](C(=O)N1CCC[C@H]1c1ncc(C23CCC(c4ccc(-c5cnc([C@@H]6CCCN6C(=O)[C@H](NC(=O)OC6CCOCC6)C(C)C)[nH]5)cc4)(CC2)CC3)[nH]1)C(C)C. The van der Waals surface area contributed by atoms with Crippen LogP contribution < -0.4 is 10.6 Å². The quantitative estimate of drug-likeness (QED) is 0.149. The molecule has 4 N–H and O–H groups in total. The van der Waals surface area contributed by atoms with Crippen molar-refractivity contribution in [3.05, 3.63) is 59.6 Å². The number of imidazole rings is 2. The summed E-state index contributed by atoms with van der Waals surface area (Å²) in [5.74, 6) is 1.19. The highest BCUT2D eigenvalue weighted by atomic mass is 16.6. The van der Waals surface area contributed by atoms with Crippen LogP contribution in [0.3, 0.4) is 0 Å². The van der Waals surface area contributed by atoms with Gasteiger partial charge in [0, 0.05) is 43.2 Å². The molecule has 5 heterocycles. The van der Waals surface area contributed by atoms with Gasteiger partial charge in [-0.2, -0.15) is 0 Å². The standard InChI is InChI=1S/C46H64N8O7/c1-28(2)37(51-43(57)59-5)41(55)54-23-7-9-35(54)40-48-27-36(50-40)46-19-16-45(17-20-46,18-21-46)31-12-10-30(11-13-31)33-26-47-39(49-33)34-8-6-22-53(34)42(56)38(29(3)4)52-44(58)61-32-14-24-60-25-15-32/h10-13,26-29,32,34-35,37-38H,6-9,14-25H2,1-5H3,(H,47,49)(H,48,50)(H,51,57)(H,52,58)/t34-,35-,37-,38+,45?,46?/m0/s1. The fourth-order valence-corrected chi connectivity index (χ4v) is 10.8. The number of carbonyl (C=O) groups is 4. The van der Waals surface area contributed by atoms with E-state index >= 15 is 0 Å². The molecule has 15 nitrogen and oxygen atoms in total. The number of aromatic nitrogens is 4. The molecule has 61 heavy (non-hydrogen) atoms. The summed E-state index contributed by atoms with van der Waals surface area (Å²) in [6.45, 7) is 10.1. The number of hydrogen-bond donors (Lipinski definition) is 4. The van der Waals surface area contributed by atoms with E-state index in [1.165, 1.54) is 18.4 Å². The Bertz CT molecular complexity index is 2010. The number of aromatic amines is 2. The summed E-state index contributed by atoms with van der Waals surface area (Å²) < 4.78 is 15.8. The van der Waals surface area contributed by atoms with Crippen molar-refractivity contribution in [2.24, 2.45) is 11.8 Å². The zero-order chi connectivity index (χ0) is 42.9. The topological polar surface area (TPSA) is 184 Å². The zero-order valence-corrected chi connectivity index (χ0v) is 36.5. The number of benzene rings is 1. The van der Waals surface area contributed by atoms with Crippen LogP contribution in [0.15, 0.2) is 36.7 Å². The normalized spacial score (nSPS) is 26.4. The molecule has 3 saturated carbocycles. The molecule has 2 bridgehead atoms. The average molecular weight is 841 g/mol. The molecule has 3 aliphatic carbocycles. The highest BCUT2D eigenvalue weighted by molar-refractivity contribution is 5.87. The second kappa shape index (κ2) is 17.8. The number of nitrogens with one attached hydrogen (secondary N) is 4. The van der Waals surface area contributed by atoms with E-state index < -0.39 is 24.3 Å². The van der Waals surface area contributed by atoms with E-state index in [1.807, 2.05) is 49.9 Å². The lowest BCUT2D eigenvalue weighted by Crippen LogP contribution is -2.51. The second-order valence-electron chi connectivity index (χ2n) is 18.8. The molecule has 1 aromatic carbocycles. The lowest BCUT2D eigenvalue weighted by atomic mass is 9.51. The summed E-state index contributed by atoms with van der Waals surface area (Å²) in [5.41, 5.74) is 4.72. The first-order valence-electron chi connectivity index (χ1n) is 22.6. The van der Waals surface area contributed by atoms with Crippen LogP contribution in [-0.4, -0.2) is 105 Å². The maximum absolute atomic E-state index is 14.0. The molecular weight excluding hydrogens is 777 g/mol. The minimum atomic E-state index is -0.696. The molecule has 15 heteroatoms. The Labute approximate surface area is 358 Å². The molecule has 3 saturated heterocycles. The molecular formula is C46H64N8O7. The van der Waals surface area contributed by atoms with Gasteiger partial charge in [-0.25, -0.2) is 19.6 Å². The summed E-state index contributed by atoms with van der Waals surface area (Å²) >= 11 is 0. The first kappa shape index (κ1) is 42.8. The minimum Gasteiger partial charge on any atom is -0.453 e. The van der Waals surface area contributed by atoms with E-state index in [1.54, 1.807) is 0 Å². The van der Waals surface area contributed by atoms with Crippen molar-refractivity contribution in [3.63, 3.8) is 0 Å². The Balaban J connectivity index is 0.888. The fourth-order valence-electron chi connectivity index (χ4n) is 10.8. The Kier molecular flexibility index (Phi) is 12.5. The van der Waals surface area contributed by atoms with E-state index in [-0.39, 0.29) is 52.7 Å². The third-order valence-corrected chi connectivity index (χ3v) is 14.6. The van der Waals surface area contributed by atoms with Gasteiger partial charge >= 0.3 is 12.2 Å². The molecule has 4 amide bonds. The van der Waals surface area contributed by atoms with Gasteiger partial charge in [0.05, 0.1) is 44.3 Å². The number of ether oxygens (including phenoxy) is 3. The number of H-pyrrole nitrogens is 2. The summed E-state index contributed by atoms with van der Waals surface area (Å²) in [6.07, 6.45) is 13.8. The monoisotopic (exact) mass is 840 g/mol. The lowest BCUT2D eigenvalue weighted by molar-refractivity contribution is -0.136. The second-order valence-corrected chi connectivity index (χ2v) is 18.8. The van der Waals surface area contributed by atoms with E-state index in [9.17, 15) is 19.2 Å². The number of hydrogen-bond acceptors (Lipinski definition) is 9. The molecule has 9 rings (SSSR count). The van der Waals surface area contributed by atoms with Crippen LogP contribution in [0.1, 0.15) is 140 Å². The number of amides is 4. The van der Waals surface area contributed by atoms with Crippen molar-refractivity contribution in [1.82, 2.24) is 40.4 Å². The number of carbonyl (C=O) groups excluding carboxylic acids is 4. The molecule has 3 aliphatic heterocycles. The van der Waals surface area contributed by atoms with E-state index in [4.69, 9.17) is 24.2 Å². The highest BCUT2D eigenvalue weighted by Crippen LogP contribution is 2.58. The number of fused-ring (bicyclic) bond motifs is 3. The van der Waals surface area contributed by atoms with Crippen LogP contribution in [0.5, 0.6) is 0 Å². The summed E-state index contributed by atoms with van der Waals surface area (Å²) in [5, 5.41) is 5.61. The van der Waals surface area contributed by atoms with Crippen LogP contribution in [0.4, 0.5) is 9.59 Å². The Morgan fingerprint density at radius 3 is 1.80 bits per heavy atom. The molecule has 6 fully saturated rings. The first-order valence-corrected chi connectivity index (χ1v) is 22.6. The molecule has 0 radical (unpaired) electrons. The van der Waals surface area contributed by atoms with Gasteiger partial charge in [-0.15, -0.1) is 0 Å². The number of alkyl carbamates (subject to hydrolysis) is 2. The van der Waals surface area contributed by atoms with Gasteiger partial charge in [0.15, 0.2) is 0 Å². The van der Waals surface area contributed by atoms with Crippen LogP contribution in [-0.2, 0) is 34.6 Å². The van der Waals surface area contributed by atoms with Gasteiger partial charge in [0.25, 0.3) is 0 Å². The minimum absolute atomic E-state index is 0.0500. The van der Waals surface area contributed by atoms with Crippen LogP contribution in [0.25, 0.3) is 11.3 Å². The van der Waals surface area contributed by atoms with Crippen LogP contribution in [0, 0.1) is 11.8 Å². The van der Waals surface area contributed by atoms with E-state index in [0.717, 1.165) is 87.1 Å². The molecule has 6 aliphatic rings. The van der Waals surface area contributed by atoms with Gasteiger partial charge in [-0.3, -0.25) is 9.59 Å². The predicted octanol–water partition coefficient (Wildman–Crippen LogP) is 6.98. The number of likely N-dealkylation sites (tertiary alicyclic amines) is 2. The highest BCUT2D eigenvalue weighted by Gasteiger charge is 2.51. The Morgan fingerprint density at radius 1 is 0.721 bits per heavy atom. The lowest BCUT2D eigenvalue weighted by Gasteiger charge is -2.53. The van der Waals surface area contributed by atoms with Crippen molar-refractivity contribution in [3.8, 4) is 11.3 Å². The predicted molar refractivity (Wildman–Crippen MR) is 227 cm³/mol. The molecule has 3 aromatic rings. The maximum Gasteiger partial charge on any atom is 0.408 e. The van der Waals surface area contributed by atoms with Gasteiger partial charge in [0.1, 0.15) is 29.8 Å². The van der Waals surface area contributed by atoms with E-state index in [0.29, 0.717) is 39.1 Å². The van der Waals surface area contributed by atoms with Gasteiger partial charge in [-0.05, 0) is 92.6 Å². The number of rotatable bonds is 12. The zero-order valence-electron chi connectivity index (χ0n) is 36.5. The van der Waals surface area contributed by atoms with Gasteiger partial charge in [-0.1, -0.05) is 52.0 Å². The largest absolute Gasteiger partial charge is 0.453 e. The fraction of sp³-hybridized carbons (Fsp3) is 0.652. The van der Waals surface area contributed by atoms with Crippen molar-refractivity contribution in [1.29, 1.82) is 0 Å². The first-order chi connectivity index (χ1) is 29.4. The van der Waals surface area contributed by atoms with Crippen molar-refractivity contribution < 1.29 is 33.4 Å². The summed E-state index contributed by atoms with van der Waals surface area (Å²) in [4.78, 5) is 73.2. The van der Waals surface area contributed by atoms with Crippen molar-refractivity contribution in [2.75, 3.05) is 33.4 Å². The molecule has 2 aromatic heterocycles. The molecule has 4 atom stereocenters. The third kappa shape index (κ3) is 8.63. The van der Waals surface area contributed by atoms with Crippen LogP contribution >= 0.6 is 0 Å². The smallest absolute Gasteiger partial charge is 0.408 e. The van der Waals surface area contributed by atoms with Crippen LogP contribution in [0.2, 0.25) is 0 Å². The third-order valence-electron chi connectivity index (χ3n) is 14.6. The molecule has 0 unspecified atom stereocenters. The molecule has 0 spiro atoms. The Hall–Kier alpha value is -4.92. The van der Waals surface area contributed by atoms with Crippen molar-refractivity contribution >= 4 is 24.0 Å². The number of nitrogens with zero attached hydrogens (tertiary/aromatic N) is 4. The molecule has 330 valence electrons.